The fourth-order valence-corrected chi connectivity index (χ4v) is 10.8. The third kappa shape index (κ3) is 7.48. The molecular weight excluding hydrogens is 524 g/mol. The predicted octanol–water partition coefficient (Wildman–Crippen LogP) is 6.46. The lowest BCUT2D eigenvalue weighted by atomic mass is 10.1. The normalized spacial score (nSPS) is 18.3. The molecule has 4 rings (SSSR count). The summed E-state index contributed by atoms with van der Waals surface area (Å²) in [5, 5.41) is 2.52. The molecule has 1 amide bonds. The van der Waals surface area contributed by atoms with E-state index in [4.69, 9.17) is 9.16 Å². The minimum absolute atomic E-state index is 0.0745. The first-order valence-corrected chi connectivity index (χ1v) is 16.8. The molecule has 5 nitrogen and oxygen atoms in total. The van der Waals surface area contributed by atoms with Gasteiger partial charge >= 0.3 is 6.09 Å². The van der Waals surface area contributed by atoms with Gasteiger partial charge in [0.1, 0.15) is 5.60 Å². The van der Waals surface area contributed by atoms with E-state index in [1.807, 2.05) is 27.8 Å². The van der Waals surface area contributed by atoms with E-state index in [1.165, 1.54) is 15.9 Å². The van der Waals surface area contributed by atoms with Gasteiger partial charge in [-0.3, -0.25) is 4.90 Å². The first kappa shape index (κ1) is 31.0. The van der Waals surface area contributed by atoms with Crippen molar-refractivity contribution in [2.45, 2.75) is 83.7 Å². The third-order valence-electron chi connectivity index (χ3n) is 8.08. The van der Waals surface area contributed by atoms with Crippen LogP contribution in [0.4, 0.5) is 4.79 Å². The molecule has 0 spiro atoms. The zero-order valence-electron chi connectivity index (χ0n) is 26.0. The van der Waals surface area contributed by atoms with Gasteiger partial charge in [-0.05, 0) is 54.6 Å². The molecule has 1 heterocycles. The molecule has 0 saturated carbocycles. The number of hydrogen-bond donors (Lipinski definition) is 0. The molecule has 41 heavy (non-hydrogen) atoms. The Morgan fingerprint density at radius 3 is 1.78 bits per heavy atom. The van der Waals surface area contributed by atoms with Crippen LogP contribution < -0.4 is 10.4 Å². The van der Waals surface area contributed by atoms with Crippen LogP contribution in [0.25, 0.3) is 0 Å². The molecule has 2 atom stereocenters. The molecule has 0 radical (unpaired) electrons. The minimum Gasteiger partial charge on any atom is -0.444 e. The third-order valence-corrected chi connectivity index (χ3v) is 13.1. The maximum absolute atomic E-state index is 12.8. The molecule has 1 aliphatic rings. The number of hydrogen-bond acceptors (Lipinski definition) is 4. The van der Waals surface area contributed by atoms with Crippen LogP contribution in [0.2, 0.25) is 5.04 Å². The van der Waals surface area contributed by atoms with Crippen molar-refractivity contribution in [3.63, 3.8) is 0 Å². The fraction of sp³-hybridized carbons (Fsp3) is 0.457. The molecule has 1 saturated heterocycles. The van der Waals surface area contributed by atoms with Crippen molar-refractivity contribution in [2.75, 3.05) is 20.2 Å². The number of likely N-dealkylation sites (N-methyl/N-ethyl adjacent to an activating group) is 1. The number of nitrogens with zero attached hydrogens (tertiary/aromatic N) is 2. The molecule has 220 valence electrons. The molecule has 0 aliphatic carbocycles. The maximum Gasteiger partial charge on any atom is 0.410 e. The Morgan fingerprint density at radius 1 is 0.805 bits per heavy atom. The lowest BCUT2D eigenvalue weighted by Gasteiger charge is -2.44. The van der Waals surface area contributed by atoms with Crippen LogP contribution in [0.5, 0.6) is 0 Å². The summed E-state index contributed by atoms with van der Waals surface area (Å²) in [4.78, 5) is 17.1. The van der Waals surface area contributed by atoms with Crippen LogP contribution in [-0.4, -0.2) is 62.1 Å². The Hall–Kier alpha value is -2.93. The van der Waals surface area contributed by atoms with Gasteiger partial charge in [0.25, 0.3) is 8.32 Å². The highest BCUT2D eigenvalue weighted by atomic mass is 28.4. The molecule has 0 aromatic heterocycles. The maximum atomic E-state index is 12.8. The second kappa shape index (κ2) is 12.9. The Kier molecular flexibility index (Phi) is 9.78. The highest BCUT2D eigenvalue weighted by molar-refractivity contribution is 6.99. The van der Waals surface area contributed by atoms with Gasteiger partial charge in [-0.15, -0.1) is 0 Å². The smallest absolute Gasteiger partial charge is 0.410 e. The van der Waals surface area contributed by atoms with Gasteiger partial charge in [0.15, 0.2) is 0 Å². The second-order valence-electron chi connectivity index (χ2n) is 13.4. The van der Waals surface area contributed by atoms with Crippen LogP contribution in [-0.2, 0) is 15.7 Å². The quantitative estimate of drug-likeness (QED) is 0.276. The lowest BCUT2D eigenvalue weighted by molar-refractivity contribution is 0.0236. The number of rotatable bonds is 9. The van der Waals surface area contributed by atoms with Crippen LogP contribution in [0.1, 0.15) is 59.9 Å². The highest BCUT2D eigenvalue weighted by Gasteiger charge is 2.51. The van der Waals surface area contributed by atoms with E-state index in [0.717, 1.165) is 19.4 Å². The summed E-state index contributed by atoms with van der Waals surface area (Å²) in [5.41, 5.74) is 0.756. The lowest BCUT2D eigenvalue weighted by Crippen LogP contribution is -2.67. The van der Waals surface area contributed by atoms with Gasteiger partial charge in [0.2, 0.25) is 0 Å². The summed E-state index contributed by atoms with van der Waals surface area (Å²) in [5.74, 6) is 0. The van der Waals surface area contributed by atoms with Gasteiger partial charge in [-0.2, -0.15) is 0 Å². The Balaban J connectivity index is 1.63. The SMILES string of the molecule is CN(CC1CCC(CO[Si](c2ccccc2)(c2ccccc2)C(C)(C)C)N1Cc1ccccc1)C(=O)OC(C)(C)C. The van der Waals surface area contributed by atoms with Crippen LogP contribution in [0, 0.1) is 0 Å². The molecule has 3 aromatic carbocycles. The van der Waals surface area contributed by atoms with Crippen molar-refractivity contribution >= 4 is 24.8 Å². The first-order valence-electron chi connectivity index (χ1n) is 14.9. The van der Waals surface area contributed by atoms with Gasteiger partial charge in [0.05, 0.1) is 6.61 Å². The monoisotopic (exact) mass is 572 g/mol. The zero-order valence-corrected chi connectivity index (χ0v) is 27.0. The molecular formula is C35H48N2O3Si. The zero-order chi connectivity index (χ0) is 29.7. The molecule has 1 fully saturated rings. The van der Waals surface area contributed by atoms with Crippen molar-refractivity contribution < 1.29 is 14.0 Å². The van der Waals surface area contributed by atoms with Crippen LogP contribution in [0.15, 0.2) is 91.0 Å². The van der Waals surface area contributed by atoms with Crippen molar-refractivity contribution in [3.05, 3.63) is 96.6 Å². The number of ether oxygens (including phenoxy) is 1. The molecule has 1 aliphatic heterocycles. The van der Waals surface area contributed by atoms with E-state index in [9.17, 15) is 4.79 Å². The standard InChI is InChI=1S/C35H48N2O3Si/c1-34(2,3)40-33(38)36(7)26-29-23-24-30(37(29)25-28-17-11-8-12-18-28)27-39-41(35(4,5)6,31-19-13-9-14-20-31)32-21-15-10-16-22-32/h8-22,29-30H,23-27H2,1-7H3. The van der Waals surface area contributed by atoms with Gasteiger partial charge in [-0.1, -0.05) is 112 Å². The largest absolute Gasteiger partial charge is 0.444 e. The van der Waals surface area contributed by atoms with E-state index in [2.05, 4.69) is 117 Å². The van der Waals surface area contributed by atoms with Crippen molar-refractivity contribution in [3.8, 4) is 0 Å². The van der Waals surface area contributed by atoms with E-state index in [1.54, 1.807) is 4.90 Å². The summed E-state index contributed by atoms with van der Waals surface area (Å²) in [6.07, 6.45) is 1.76. The Labute approximate surface area is 248 Å². The second-order valence-corrected chi connectivity index (χ2v) is 17.7. The number of likely N-dealkylation sites (tertiary alicyclic amines) is 1. The average Bonchev–Trinajstić information content (AvgIpc) is 3.29. The minimum atomic E-state index is -2.65. The van der Waals surface area contributed by atoms with Crippen LogP contribution in [0.3, 0.4) is 0 Å². The van der Waals surface area contributed by atoms with E-state index in [-0.39, 0.29) is 23.2 Å². The molecule has 0 bridgehead atoms. The highest BCUT2D eigenvalue weighted by Crippen LogP contribution is 2.38. The topological polar surface area (TPSA) is 42.0 Å². The number of carbonyl (C=O) groups is 1. The Morgan fingerprint density at radius 2 is 1.29 bits per heavy atom. The first-order chi connectivity index (χ1) is 19.4. The Bertz CT molecular complexity index is 1200. The number of benzene rings is 3. The van der Waals surface area contributed by atoms with Gasteiger partial charge in [-0.25, -0.2) is 4.79 Å². The summed E-state index contributed by atoms with van der Waals surface area (Å²) in [7, 11) is -0.800. The van der Waals surface area contributed by atoms with E-state index in [0.29, 0.717) is 13.2 Å². The van der Waals surface area contributed by atoms with Crippen molar-refractivity contribution in [1.82, 2.24) is 9.80 Å². The molecule has 0 N–H and O–H groups in total. The van der Waals surface area contributed by atoms with E-state index >= 15 is 0 Å². The van der Waals surface area contributed by atoms with Crippen LogP contribution >= 0.6 is 0 Å². The summed E-state index contributed by atoms with van der Waals surface area (Å²) in [6.45, 7) is 14.8. The van der Waals surface area contributed by atoms with Crippen molar-refractivity contribution in [2.24, 2.45) is 0 Å². The van der Waals surface area contributed by atoms with Gasteiger partial charge < -0.3 is 14.1 Å². The molecule has 6 heteroatoms. The fourth-order valence-electron chi connectivity index (χ4n) is 6.16. The average molecular weight is 573 g/mol. The number of carbonyl (C=O) groups excluding carboxylic acids is 1. The summed E-state index contributed by atoms with van der Waals surface area (Å²) in [6, 6.07) is 32.8. The molecule has 2 unspecified atom stereocenters. The van der Waals surface area contributed by atoms with Crippen molar-refractivity contribution in [1.29, 1.82) is 0 Å². The molecule has 3 aromatic rings. The summed E-state index contributed by atoms with van der Waals surface area (Å²) >= 11 is 0. The predicted molar refractivity (Wildman–Crippen MR) is 171 cm³/mol. The number of amides is 1. The summed E-state index contributed by atoms with van der Waals surface area (Å²) < 4.78 is 13.0. The van der Waals surface area contributed by atoms with Gasteiger partial charge in [0, 0.05) is 32.2 Å². The van der Waals surface area contributed by atoms with E-state index < -0.39 is 13.9 Å².